The Morgan fingerprint density at radius 3 is 2.71 bits per heavy atom. The summed E-state index contributed by atoms with van der Waals surface area (Å²) in [6.07, 6.45) is 7.63. The van der Waals surface area contributed by atoms with Gasteiger partial charge in [-0.2, -0.15) is 0 Å². The molecule has 4 rings (SSSR count). The van der Waals surface area contributed by atoms with Crippen molar-refractivity contribution in [2.24, 2.45) is 5.92 Å². The maximum absolute atomic E-state index is 9.67. The van der Waals surface area contributed by atoms with Crippen LogP contribution in [0.2, 0.25) is 0 Å². The molecule has 0 bridgehead atoms. The number of aliphatic hydroxyl groups is 1. The van der Waals surface area contributed by atoms with Crippen molar-refractivity contribution in [3.05, 3.63) is 35.5 Å². The van der Waals surface area contributed by atoms with Gasteiger partial charge in [0.15, 0.2) is 0 Å². The summed E-state index contributed by atoms with van der Waals surface area (Å²) in [6.45, 7) is 0.224. The van der Waals surface area contributed by atoms with E-state index in [1.165, 1.54) is 54.3 Å². The van der Waals surface area contributed by atoms with Crippen molar-refractivity contribution < 1.29 is 5.11 Å². The van der Waals surface area contributed by atoms with E-state index in [0.717, 1.165) is 6.42 Å². The summed E-state index contributed by atoms with van der Waals surface area (Å²) in [6, 6.07) is 9.17. The summed E-state index contributed by atoms with van der Waals surface area (Å²) in [5.41, 5.74) is 4.05. The molecule has 1 aliphatic carbocycles. The van der Waals surface area contributed by atoms with Crippen LogP contribution in [0.25, 0.3) is 10.9 Å². The molecule has 0 spiro atoms. The van der Waals surface area contributed by atoms with Crippen LogP contribution >= 0.6 is 0 Å². The monoisotopic (exact) mass is 284 g/mol. The van der Waals surface area contributed by atoms with E-state index in [4.69, 9.17) is 0 Å². The Morgan fingerprint density at radius 2 is 1.90 bits per heavy atom. The molecule has 2 atom stereocenters. The average Bonchev–Trinajstić information content (AvgIpc) is 2.93. The molecule has 2 aromatic rings. The van der Waals surface area contributed by atoms with Crippen molar-refractivity contribution in [3.63, 3.8) is 0 Å². The number of aromatic nitrogens is 1. The van der Waals surface area contributed by atoms with Crippen LogP contribution in [0.3, 0.4) is 0 Å². The highest BCUT2D eigenvalue weighted by Gasteiger charge is 2.34. The number of benzene rings is 1. The van der Waals surface area contributed by atoms with Crippen molar-refractivity contribution in [1.82, 2.24) is 10.3 Å². The minimum Gasteiger partial charge on any atom is -0.395 e. The maximum atomic E-state index is 9.67. The van der Waals surface area contributed by atoms with E-state index in [0.29, 0.717) is 12.0 Å². The summed E-state index contributed by atoms with van der Waals surface area (Å²) >= 11 is 0. The summed E-state index contributed by atoms with van der Waals surface area (Å²) in [5, 5.41) is 14.7. The van der Waals surface area contributed by atoms with Crippen molar-refractivity contribution in [1.29, 1.82) is 0 Å². The highest BCUT2D eigenvalue weighted by molar-refractivity contribution is 5.85. The third-order valence-corrected chi connectivity index (χ3v) is 5.37. The second-order valence-corrected chi connectivity index (χ2v) is 6.69. The normalized spacial score (nSPS) is 26.9. The fourth-order valence-corrected chi connectivity index (χ4v) is 4.31. The first-order chi connectivity index (χ1) is 10.4. The molecule has 0 amide bonds. The Kier molecular flexibility index (Phi) is 3.48. The molecule has 1 aromatic carbocycles. The van der Waals surface area contributed by atoms with Crippen LogP contribution in [0.15, 0.2) is 24.3 Å². The van der Waals surface area contributed by atoms with E-state index >= 15 is 0 Å². The Bertz CT molecular complexity index is 627. The van der Waals surface area contributed by atoms with Crippen molar-refractivity contribution in [2.45, 2.75) is 50.6 Å². The summed E-state index contributed by atoms with van der Waals surface area (Å²) in [7, 11) is 0. The zero-order chi connectivity index (χ0) is 14.2. The highest BCUT2D eigenvalue weighted by atomic mass is 16.3. The van der Waals surface area contributed by atoms with Gasteiger partial charge in [-0.05, 0) is 36.8 Å². The molecular formula is C18H24N2O. The molecule has 2 heterocycles. The predicted molar refractivity (Wildman–Crippen MR) is 85.3 cm³/mol. The molecule has 0 radical (unpaired) electrons. The van der Waals surface area contributed by atoms with Crippen LogP contribution < -0.4 is 5.32 Å². The van der Waals surface area contributed by atoms with E-state index < -0.39 is 0 Å². The Balaban J connectivity index is 1.78. The molecule has 3 heteroatoms. The number of H-pyrrole nitrogens is 1. The molecule has 21 heavy (non-hydrogen) atoms. The molecule has 1 fully saturated rings. The van der Waals surface area contributed by atoms with Crippen molar-refractivity contribution >= 4 is 10.9 Å². The fourth-order valence-electron chi connectivity index (χ4n) is 4.31. The van der Waals surface area contributed by atoms with Gasteiger partial charge in [-0.1, -0.05) is 37.5 Å². The lowest BCUT2D eigenvalue weighted by Gasteiger charge is -2.37. The largest absolute Gasteiger partial charge is 0.395 e. The van der Waals surface area contributed by atoms with Gasteiger partial charge in [0.05, 0.1) is 12.6 Å². The number of hydrogen-bond acceptors (Lipinski definition) is 2. The maximum Gasteiger partial charge on any atom is 0.0588 e. The summed E-state index contributed by atoms with van der Waals surface area (Å²) in [5.74, 6) is 0.708. The first-order valence-corrected chi connectivity index (χ1v) is 8.33. The smallest absolute Gasteiger partial charge is 0.0588 e. The van der Waals surface area contributed by atoms with Crippen molar-refractivity contribution in [3.8, 4) is 0 Å². The van der Waals surface area contributed by atoms with Gasteiger partial charge in [-0.25, -0.2) is 0 Å². The standard InChI is InChI=1S/C18H24N2O/c21-11-13-10-15-14-8-4-5-9-16(14)20-18(15)17(19-13)12-6-2-1-3-7-12/h4-5,8-9,12-13,17,19-21H,1-3,6-7,10-11H2/t13-,17-/m1/s1. The van der Waals surface area contributed by atoms with Crippen LogP contribution in [0.4, 0.5) is 0 Å². The fraction of sp³-hybridized carbons (Fsp3) is 0.556. The van der Waals surface area contributed by atoms with Gasteiger partial charge >= 0.3 is 0 Å². The lowest BCUT2D eigenvalue weighted by atomic mass is 9.79. The van der Waals surface area contributed by atoms with Crippen LogP contribution in [-0.4, -0.2) is 22.7 Å². The zero-order valence-corrected chi connectivity index (χ0v) is 12.4. The topological polar surface area (TPSA) is 48.0 Å². The Morgan fingerprint density at radius 1 is 1.10 bits per heavy atom. The van der Waals surface area contributed by atoms with Gasteiger partial charge < -0.3 is 15.4 Å². The average molecular weight is 284 g/mol. The molecule has 112 valence electrons. The molecule has 0 saturated heterocycles. The number of fused-ring (bicyclic) bond motifs is 3. The second-order valence-electron chi connectivity index (χ2n) is 6.69. The molecular weight excluding hydrogens is 260 g/mol. The third-order valence-electron chi connectivity index (χ3n) is 5.37. The van der Waals surface area contributed by atoms with Gasteiger partial charge in [0.25, 0.3) is 0 Å². The predicted octanol–water partition coefficient (Wildman–Crippen LogP) is 3.30. The lowest BCUT2D eigenvalue weighted by Crippen LogP contribution is -2.44. The number of nitrogens with one attached hydrogen (secondary N) is 2. The highest BCUT2D eigenvalue weighted by Crippen LogP contribution is 2.40. The van der Waals surface area contributed by atoms with E-state index in [9.17, 15) is 5.11 Å². The minimum absolute atomic E-state index is 0.198. The van der Waals surface area contributed by atoms with E-state index in [-0.39, 0.29) is 12.6 Å². The SMILES string of the molecule is OC[C@H]1Cc2c([nH]c3ccccc23)[C@@H](C2CCCCC2)N1. The van der Waals surface area contributed by atoms with Crippen molar-refractivity contribution in [2.75, 3.05) is 6.61 Å². The van der Waals surface area contributed by atoms with Crippen LogP contribution in [0.5, 0.6) is 0 Å². The number of aliphatic hydroxyl groups excluding tert-OH is 1. The van der Waals surface area contributed by atoms with Gasteiger partial charge in [-0.15, -0.1) is 0 Å². The number of para-hydroxylation sites is 1. The van der Waals surface area contributed by atoms with Crippen LogP contribution in [-0.2, 0) is 6.42 Å². The van der Waals surface area contributed by atoms with Gasteiger partial charge in [0, 0.05) is 22.6 Å². The molecule has 2 aliphatic rings. The van der Waals surface area contributed by atoms with E-state index in [1.54, 1.807) is 0 Å². The third kappa shape index (κ3) is 2.29. The first kappa shape index (κ1) is 13.4. The molecule has 3 N–H and O–H groups in total. The molecule has 1 aliphatic heterocycles. The number of rotatable bonds is 2. The quantitative estimate of drug-likeness (QED) is 0.792. The lowest BCUT2D eigenvalue weighted by molar-refractivity contribution is 0.184. The zero-order valence-electron chi connectivity index (χ0n) is 12.4. The molecule has 1 aromatic heterocycles. The first-order valence-electron chi connectivity index (χ1n) is 8.33. The van der Waals surface area contributed by atoms with Gasteiger partial charge in [0.1, 0.15) is 0 Å². The molecule has 1 saturated carbocycles. The summed E-state index contributed by atoms with van der Waals surface area (Å²) < 4.78 is 0. The minimum atomic E-state index is 0.198. The number of aromatic amines is 1. The molecule has 0 unspecified atom stereocenters. The van der Waals surface area contributed by atoms with Crippen LogP contribution in [0, 0.1) is 5.92 Å². The molecule has 3 nitrogen and oxygen atoms in total. The van der Waals surface area contributed by atoms with Gasteiger partial charge in [0.2, 0.25) is 0 Å². The summed E-state index contributed by atoms with van der Waals surface area (Å²) in [4.78, 5) is 3.66. The van der Waals surface area contributed by atoms with E-state index in [2.05, 4.69) is 34.6 Å². The van der Waals surface area contributed by atoms with Crippen LogP contribution in [0.1, 0.15) is 49.4 Å². The van der Waals surface area contributed by atoms with Gasteiger partial charge in [-0.3, -0.25) is 0 Å². The Hall–Kier alpha value is -1.32. The second kappa shape index (κ2) is 5.47. The Labute approximate surface area is 125 Å². The number of hydrogen-bond donors (Lipinski definition) is 3. The van der Waals surface area contributed by atoms with E-state index in [1.807, 2.05) is 0 Å².